The highest BCUT2D eigenvalue weighted by Gasteiger charge is 2.57. The van der Waals surface area contributed by atoms with Crippen molar-refractivity contribution in [2.24, 2.45) is 18.2 Å². The van der Waals surface area contributed by atoms with E-state index in [1.807, 2.05) is 24.6 Å². The van der Waals surface area contributed by atoms with Gasteiger partial charge >= 0.3 is 11.3 Å². The molecule has 1 amide bonds. The summed E-state index contributed by atoms with van der Waals surface area (Å²) in [6.07, 6.45) is -1.11. The van der Waals surface area contributed by atoms with Gasteiger partial charge in [-0.15, -0.1) is 5.10 Å². The maximum atomic E-state index is 12.9. The van der Waals surface area contributed by atoms with Crippen molar-refractivity contribution in [2.45, 2.75) is 43.4 Å². The molecule has 7 nitrogen and oxygen atoms in total. The molecule has 0 radical (unpaired) electrons. The highest BCUT2D eigenvalue weighted by molar-refractivity contribution is 7.99. The van der Waals surface area contributed by atoms with Crippen LogP contribution < -0.4 is 10.3 Å². The van der Waals surface area contributed by atoms with Gasteiger partial charge in [-0.05, 0) is 92.2 Å². The average molecular weight is 532 g/mol. The summed E-state index contributed by atoms with van der Waals surface area (Å²) in [5.41, 5.74) is 7.79. The first-order chi connectivity index (χ1) is 17.6. The molecule has 1 aromatic carbocycles. The number of rotatable bonds is 8. The standard InChI is InChI=1S/C26H29F3N6OS/c1-16-19(8-9-21(31-16)22(30)36)23-32-33-24(34(23)2)37-13-3-11-35-12-10-25(15-35)14-20(25)17-4-6-18(7-5-17)26(27,28)29/h4-9,20H,3,10-15H2,1-2H3,(H2,30,36)/p+1. The van der Waals surface area contributed by atoms with E-state index in [9.17, 15) is 18.0 Å². The third-order valence-corrected chi connectivity index (χ3v) is 8.73. The minimum Gasteiger partial charge on any atom is -0.364 e. The number of thioether (sulfide) groups is 1. The Morgan fingerprint density at radius 3 is 2.70 bits per heavy atom. The van der Waals surface area contributed by atoms with Crippen molar-refractivity contribution in [1.82, 2.24) is 20.1 Å². The highest BCUT2D eigenvalue weighted by Crippen LogP contribution is 2.64. The zero-order chi connectivity index (χ0) is 26.4. The zero-order valence-electron chi connectivity index (χ0n) is 20.8. The van der Waals surface area contributed by atoms with Crippen LogP contribution in [0.2, 0.25) is 0 Å². The molecule has 2 aromatic heterocycles. The van der Waals surface area contributed by atoms with Crippen LogP contribution >= 0.6 is 11.8 Å². The fourth-order valence-corrected chi connectivity index (χ4v) is 6.32. The first kappa shape index (κ1) is 25.7. The predicted octanol–water partition coefficient (Wildman–Crippen LogP) is 4.08. The summed E-state index contributed by atoms with van der Waals surface area (Å²) in [5, 5.41) is 8.40. The summed E-state index contributed by atoms with van der Waals surface area (Å²) in [6, 6.07) is 9.17. The van der Waals surface area contributed by atoms with Gasteiger partial charge in [-0.25, -0.2) is 9.55 Å². The van der Waals surface area contributed by atoms with Crippen molar-refractivity contribution in [1.29, 1.82) is 0 Å². The SMILES string of the molecule is Cc1nc(C(N)=O)ccc1-c1[nH]nc(SCCCN2CCC3(CC3c3ccc(C(F)(F)F)cc3)C2)[n+]1C. The normalized spacial score (nSPS) is 21.6. The molecule has 1 saturated heterocycles. The number of aromatic amines is 1. The van der Waals surface area contributed by atoms with Crippen molar-refractivity contribution in [3.8, 4) is 11.4 Å². The van der Waals surface area contributed by atoms with Crippen LogP contribution in [-0.4, -0.2) is 51.4 Å². The highest BCUT2D eigenvalue weighted by atomic mass is 32.2. The van der Waals surface area contributed by atoms with Gasteiger partial charge in [0.15, 0.2) is 0 Å². The summed E-state index contributed by atoms with van der Waals surface area (Å²) in [7, 11) is 1.95. The van der Waals surface area contributed by atoms with Crippen molar-refractivity contribution < 1.29 is 22.5 Å². The number of aryl methyl sites for hydroxylation is 1. The van der Waals surface area contributed by atoms with Gasteiger partial charge in [-0.2, -0.15) is 13.2 Å². The first-order valence-electron chi connectivity index (χ1n) is 12.3. The van der Waals surface area contributed by atoms with E-state index in [-0.39, 0.29) is 11.1 Å². The topological polar surface area (TPSA) is 91.8 Å². The molecular weight excluding hydrogens is 501 g/mol. The molecule has 2 atom stereocenters. The minimum atomic E-state index is -4.29. The lowest BCUT2D eigenvalue weighted by molar-refractivity contribution is -0.698. The molecule has 1 saturated carbocycles. The third kappa shape index (κ3) is 5.24. The number of H-pyrrole nitrogens is 1. The molecule has 2 aliphatic rings. The Bertz CT molecular complexity index is 1310. The second kappa shape index (κ2) is 9.75. The molecule has 3 heterocycles. The Hall–Kier alpha value is -2.92. The number of carbonyl (C=O) groups excluding carboxylic acids is 1. The number of nitrogens with one attached hydrogen (secondary N) is 1. The number of hydrogen-bond acceptors (Lipinski definition) is 5. The summed E-state index contributed by atoms with van der Waals surface area (Å²) >= 11 is 1.68. The number of pyridine rings is 1. The molecular formula is C26H30F3N6OS+. The summed E-state index contributed by atoms with van der Waals surface area (Å²) in [5.74, 6) is 1.54. The summed E-state index contributed by atoms with van der Waals surface area (Å²) in [6.45, 7) is 4.88. The van der Waals surface area contributed by atoms with E-state index in [1.165, 1.54) is 12.1 Å². The second-order valence-electron chi connectivity index (χ2n) is 10.1. The maximum Gasteiger partial charge on any atom is 0.416 e. The number of likely N-dealkylation sites (tertiary alicyclic amines) is 1. The number of carbonyl (C=O) groups is 1. The van der Waals surface area contributed by atoms with E-state index in [2.05, 4.69) is 20.1 Å². The van der Waals surface area contributed by atoms with Gasteiger partial charge in [0.25, 0.3) is 11.7 Å². The van der Waals surface area contributed by atoms with E-state index < -0.39 is 17.6 Å². The number of halogens is 3. The molecule has 5 rings (SSSR count). The van der Waals surface area contributed by atoms with Crippen LogP contribution in [0.4, 0.5) is 13.2 Å². The molecule has 37 heavy (non-hydrogen) atoms. The number of nitrogens with two attached hydrogens (primary N) is 1. The third-order valence-electron chi connectivity index (χ3n) is 7.62. The smallest absolute Gasteiger partial charge is 0.364 e. The van der Waals surface area contributed by atoms with E-state index >= 15 is 0 Å². The Labute approximate surface area is 217 Å². The lowest BCUT2D eigenvalue weighted by Crippen LogP contribution is -2.32. The Kier molecular flexibility index (Phi) is 6.78. The molecule has 1 aliphatic heterocycles. The van der Waals surface area contributed by atoms with Crippen molar-refractivity contribution >= 4 is 17.7 Å². The van der Waals surface area contributed by atoms with Crippen LogP contribution in [0.3, 0.4) is 0 Å². The Morgan fingerprint density at radius 2 is 2.03 bits per heavy atom. The van der Waals surface area contributed by atoms with Crippen molar-refractivity contribution in [3.63, 3.8) is 0 Å². The zero-order valence-corrected chi connectivity index (χ0v) is 21.6. The van der Waals surface area contributed by atoms with Crippen LogP contribution in [0.25, 0.3) is 11.4 Å². The number of nitrogens with zero attached hydrogens (tertiary/aromatic N) is 4. The first-order valence-corrected chi connectivity index (χ1v) is 13.3. The van der Waals surface area contributed by atoms with Crippen LogP contribution in [0.15, 0.2) is 41.6 Å². The molecule has 3 aromatic rings. The number of alkyl halides is 3. The maximum absolute atomic E-state index is 12.9. The van der Waals surface area contributed by atoms with Gasteiger partial charge in [0.05, 0.1) is 29.0 Å². The van der Waals surface area contributed by atoms with E-state index in [4.69, 9.17) is 5.73 Å². The summed E-state index contributed by atoms with van der Waals surface area (Å²) in [4.78, 5) is 18.1. The molecule has 11 heteroatoms. The fraction of sp³-hybridized carbons (Fsp3) is 0.462. The van der Waals surface area contributed by atoms with E-state index in [1.54, 1.807) is 30.0 Å². The van der Waals surface area contributed by atoms with Crippen molar-refractivity contribution in [3.05, 3.63) is 58.9 Å². The van der Waals surface area contributed by atoms with E-state index in [0.29, 0.717) is 11.6 Å². The predicted molar refractivity (Wildman–Crippen MR) is 134 cm³/mol. The van der Waals surface area contributed by atoms with Gasteiger partial charge in [0, 0.05) is 12.3 Å². The van der Waals surface area contributed by atoms with E-state index in [0.717, 1.165) is 66.8 Å². The Morgan fingerprint density at radius 1 is 1.27 bits per heavy atom. The lowest BCUT2D eigenvalue weighted by Gasteiger charge is -2.16. The number of benzene rings is 1. The van der Waals surface area contributed by atoms with Crippen LogP contribution in [-0.2, 0) is 13.2 Å². The number of hydrogen-bond donors (Lipinski definition) is 2. The van der Waals surface area contributed by atoms with Crippen LogP contribution in [0, 0.1) is 12.3 Å². The number of aromatic nitrogens is 4. The number of amides is 1. The molecule has 0 bridgehead atoms. The van der Waals surface area contributed by atoms with Crippen LogP contribution in [0.1, 0.15) is 52.5 Å². The van der Waals surface area contributed by atoms with Gasteiger partial charge in [0.2, 0.25) is 0 Å². The minimum absolute atomic E-state index is 0.229. The fourth-order valence-electron chi connectivity index (χ4n) is 5.47. The molecule has 196 valence electrons. The lowest BCUT2D eigenvalue weighted by atomic mass is 9.97. The van der Waals surface area contributed by atoms with Gasteiger partial charge in [0.1, 0.15) is 5.69 Å². The molecule has 1 spiro atoms. The summed E-state index contributed by atoms with van der Waals surface area (Å²) < 4.78 is 40.6. The number of primary amides is 1. The Balaban J connectivity index is 1.10. The van der Waals surface area contributed by atoms with Crippen LogP contribution in [0.5, 0.6) is 0 Å². The van der Waals surface area contributed by atoms with Gasteiger partial charge in [-0.3, -0.25) is 4.79 Å². The quantitative estimate of drug-likeness (QED) is 0.260. The molecule has 3 N–H and O–H groups in total. The second-order valence-corrected chi connectivity index (χ2v) is 11.1. The molecule has 2 unspecified atom stereocenters. The average Bonchev–Trinajstić information content (AvgIpc) is 3.21. The van der Waals surface area contributed by atoms with Gasteiger partial charge < -0.3 is 10.6 Å². The largest absolute Gasteiger partial charge is 0.416 e. The monoisotopic (exact) mass is 531 g/mol. The van der Waals surface area contributed by atoms with Crippen molar-refractivity contribution in [2.75, 3.05) is 25.4 Å². The molecule has 2 fully saturated rings. The molecule has 1 aliphatic carbocycles. The van der Waals surface area contributed by atoms with Gasteiger partial charge in [-0.1, -0.05) is 12.1 Å².